The van der Waals surface area contributed by atoms with Gasteiger partial charge in [0.2, 0.25) is 0 Å². The third-order valence-corrected chi connectivity index (χ3v) is 4.54. The van der Waals surface area contributed by atoms with Crippen molar-refractivity contribution in [2.75, 3.05) is 5.32 Å². The van der Waals surface area contributed by atoms with Crippen molar-refractivity contribution in [2.45, 2.75) is 13.3 Å². The molecule has 0 unspecified atom stereocenters. The Morgan fingerprint density at radius 2 is 1.46 bits per heavy atom. The molecule has 3 aromatic carbocycles. The van der Waals surface area contributed by atoms with E-state index in [1.165, 1.54) is 11.1 Å². The van der Waals surface area contributed by atoms with E-state index in [0.29, 0.717) is 11.4 Å². The Labute approximate surface area is 164 Å². The zero-order chi connectivity index (χ0) is 19.3. The molecule has 0 saturated heterocycles. The summed E-state index contributed by atoms with van der Waals surface area (Å²) >= 11 is 0. The van der Waals surface area contributed by atoms with E-state index >= 15 is 0 Å². The number of benzene rings is 3. The van der Waals surface area contributed by atoms with Gasteiger partial charge in [0.25, 0.3) is 5.91 Å². The molecule has 0 bridgehead atoms. The number of hydrogen-bond donors (Lipinski definition) is 1. The average molecular weight is 367 g/mol. The number of anilines is 1. The van der Waals surface area contributed by atoms with Gasteiger partial charge in [-0.1, -0.05) is 60.7 Å². The van der Waals surface area contributed by atoms with Gasteiger partial charge in [0, 0.05) is 11.6 Å². The lowest BCUT2D eigenvalue weighted by Gasteiger charge is -2.09. The number of aromatic nitrogens is 2. The maximum Gasteiger partial charge on any atom is 0.256 e. The number of para-hydroxylation sites is 1. The molecule has 0 radical (unpaired) electrons. The molecule has 1 amide bonds. The Hall–Kier alpha value is -3.66. The monoisotopic (exact) mass is 367 g/mol. The molecule has 4 nitrogen and oxygen atoms in total. The quantitative estimate of drug-likeness (QED) is 0.538. The number of nitrogens with zero attached hydrogens (tertiary/aromatic N) is 2. The number of rotatable bonds is 5. The summed E-state index contributed by atoms with van der Waals surface area (Å²) in [6.07, 6.45) is 0.850. The minimum Gasteiger partial charge on any atom is -0.306 e. The van der Waals surface area contributed by atoms with Crippen LogP contribution in [0.1, 0.15) is 27.2 Å². The lowest BCUT2D eigenvalue weighted by atomic mass is 10.0. The highest BCUT2D eigenvalue weighted by Crippen LogP contribution is 2.18. The first kappa shape index (κ1) is 17.7. The highest BCUT2D eigenvalue weighted by atomic mass is 16.1. The first-order valence-corrected chi connectivity index (χ1v) is 9.25. The van der Waals surface area contributed by atoms with Gasteiger partial charge in [-0.25, -0.2) is 4.68 Å². The van der Waals surface area contributed by atoms with Gasteiger partial charge in [0.15, 0.2) is 0 Å². The number of aryl methyl sites for hydroxylation is 1. The van der Waals surface area contributed by atoms with Crippen LogP contribution >= 0.6 is 0 Å². The summed E-state index contributed by atoms with van der Waals surface area (Å²) in [5, 5.41) is 7.47. The molecule has 0 saturated carbocycles. The predicted octanol–water partition coefficient (Wildman–Crippen LogP) is 5.02. The van der Waals surface area contributed by atoms with Crippen LogP contribution in [0.5, 0.6) is 0 Å². The summed E-state index contributed by atoms with van der Waals surface area (Å²) in [5.74, 6) is 0.505. The van der Waals surface area contributed by atoms with Crippen molar-refractivity contribution in [1.29, 1.82) is 0 Å². The fraction of sp³-hybridized carbons (Fsp3) is 0.0833. The van der Waals surface area contributed by atoms with Gasteiger partial charge >= 0.3 is 0 Å². The van der Waals surface area contributed by atoms with Crippen LogP contribution in [0, 0.1) is 6.92 Å². The summed E-state index contributed by atoms with van der Waals surface area (Å²) in [6, 6.07) is 29.7. The van der Waals surface area contributed by atoms with Crippen LogP contribution in [-0.4, -0.2) is 15.7 Å². The second-order valence-corrected chi connectivity index (χ2v) is 6.73. The molecule has 138 valence electrons. The highest BCUT2D eigenvalue weighted by Gasteiger charge is 2.12. The topological polar surface area (TPSA) is 46.9 Å². The number of carbonyl (C=O) groups is 1. The lowest BCUT2D eigenvalue weighted by Crippen LogP contribution is -2.15. The molecule has 0 atom stereocenters. The minimum absolute atomic E-state index is 0.150. The Bertz CT molecular complexity index is 1070. The molecule has 4 aromatic rings. The number of hydrogen-bond acceptors (Lipinski definition) is 2. The van der Waals surface area contributed by atoms with Gasteiger partial charge in [0.05, 0.1) is 11.4 Å². The van der Waals surface area contributed by atoms with Crippen LogP contribution in [0.25, 0.3) is 5.69 Å². The third kappa shape index (κ3) is 4.01. The first-order chi connectivity index (χ1) is 13.7. The molecule has 0 spiro atoms. The Kier molecular flexibility index (Phi) is 5.02. The normalized spacial score (nSPS) is 10.6. The third-order valence-electron chi connectivity index (χ3n) is 4.54. The van der Waals surface area contributed by atoms with Crippen LogP contribution in [0.15, 0.2) is 91.0 Å². The van der Waals surface area contributed by atoms with Crippen molar-refractivity contribution in [1.82, 2.24) is 9.78 Å². The lowest BCUT2D eigenvalue weighted by molar-refractivity contribution is 0.102. The van der Waals surface area contributed by atoms with Crippen molar-refractivity contribution in [2.24, 2.45) is 0 Å². The Balaban J connectivity index is 1.50. The summed E-state index contributed by atoms with van der Waals surface area (Å²) in [4.78, 5) is 12.7. The van der Waals surface area contributed by atoms with Crippen molar-refractivity contribution < 1.29 is 4.79 Å². The SMILES string of the molecule is Cc1cc(NC(=O)c2ccc(Cc3ccccc3)cc2)n(-c2ccccc2)n1. The van der Waals surface area contributed by atoms with Gasteiger partial charge in [-0.05, 0) is 48.7 Å². The first-order valence-electron chi connectivity index (χ1n) is 9.25. The zero-order valence-electron chi connectivity index (χ0n) is 15.7. The van der Waals surface area contributed by atoms with E-state index in [2.05, 4.69) is 22.5 Å². The molecular formula is C24H21N3O. The average Bonchev–Trinajstić information content (AvgIpc) is 3.10. The van der Waals surface area contributed by atoms with Gasteiger partial charge < -0.3 is 5.32 Å². The molecule has 1 aromatic heterocycles. The largest absolute Gasteiger partial charge is 0.306 e. The number of carbonyl (C=O) groups excluding carboxylic acids is 1. The maximum atomic E-state index is 12.7. The van der Waals surface area contributed by atoms with Crippen LogP contribution < -0.4 is 5.32 Å². The van der Waals surface area contributed by atoms with Crippen molar-refractivity contribution in [3.8, 4) is 5.69 Å². The molecule has 4 rings (SSSR count). The van der Waals surface area contributed by atoms with Crippen LogP contribution in [0.4, 0.5) is 5.82 Å². The van der Waals surface area contributed by atoms with E-state index in [4.69, 9.17) is 0 Å². The van der Waals surface area contributed by atoms with Gasteiger partial charge in [-0.2, -0.15) is 5.10 Å². The minimum atomic E-state index is -0.150. The Morgan fingerprint density at radius 1 is 0.857 bits per heavy atom. The molecule has 4 heteroatoms. The molecule has 1 heterocycles. The number of nitrogens with one attached hydrogen (secondary N) is 1. The molecule has 28 heavy (non-hydrogen) atoms. The fourth-order valence-corrected chi connectivity index (χ4v) is 3.15. The summed E-state index contributed by atoms with van der Waals surface area (Å²) in [7, 11) is 0. The smallest absolute Gasteiger partial charge is 0.256 e. The molecule has 0 aliphatic carbocycles. The van der Waals surface area contributed by atoms with E-state index in [9.17, 15) is 4.79 Å². The summed E-state index contributed by atoms with van der Waals surface area (Å²) in [5.41, 5.74) is 4.80. The fourth-order valence-electron chi connectivity index (χ4n) is 3.15. The molecule has 1 N–H and O–H groups in total. The predicted molar refractivity (Wildman–Crippen MR) is 112 cm³/mol. The van der Waals surface area contributed by atoms with E-state index in [1.54, 1.807) is 4.68 Å². The Morgan fingerprint density at radius 3 is 2.14 bits per heavy atom. The molecule has 0 aliphatic rings. The van der Waals surface area contributed by atoms with Crippen LogP contribution in [-0.2, 0) is 6.42 Å². The molecule has 0 fully saturated rings. The standard InChI is InChI=1S/C24H21N3O/c1-18-16-23(27(26-18)22-10-6-3-7-11-22)25-24(28)21-14-12-20(13-15-21)17-19-8-4-2-5-9-19/h2-16H,17H2,1H3,(H,25,28). The highest BCUT2D eigenvalue weighted by molar-refractivity contribution is 6.04. The van der Waals surface area contributed by atoms with Crippen LogP contribution in [0.2, 0.25) is 0 Å². The van der Waals surface area contributed by atoms with Gasteiger partial charge in [0.1, 0.15) is 5.82 Å². The zero-order valence-corrected chi connectivity index (χ0v) is 15.7. The second-order valence-electron chi connectivity index (χ2n) is 6.73. The maximum absolute atomic E-state index is 12.7. The van der Waals surface area contributed by atoms with E-state index in [-0.39, 0.29) is 5.91 Å². The van der Waals surface area contributed by atoms with Gasteiger partial charge in [-0.3, -0.25) is 4.79 Å². The van der Waals surface area contributed by atoms with E-state index < -0.39 is 0 Å². The molecule has 0 aliphatic heterocycles. The van der Waals surface area contributed by atoms with E-state index in [1.807, 2.05) is 85.8 Å². The second kappa shape index (κ2) is 7.92. The summed E-state index contributed by atoms with van der Waals surface area (Å²) < 4.78 is 1.75. The van der Waals surface area contributed by atoms with Crippen LogP contribution in [0.3, 0.4) is 0 Å². The summed E-state index contributed by atoms with van der Waals surface area (Å²) in [6.45, 7) is 1.91. The van der Waals surface area contributed by atoms with Crippen molar-refractivity contribution >= 4 is 11.7 Å². The van der Waals surface area contributed by atoms with Crippen molar-refractivity contribution in [3.63, 3.8) is 0 Å². The molecular weight excluding hydrogens is 346 g/mol. The van der Waals surface area contributed by atoms with Crippen molar-refractivity contribution in [3.05, 3.63) is 113 Å². The number of amides is 1. The van der Waals surface area contributed by atoms with Gasteiger partial charge in [-0.15, -0.1) is 0 Å². The van der Waals surface area contributed by atoms with E-state index in [0.717, 1.165) is 17.8 Å².